The highest BCUT2D eigenvalue weighted by atomic mass is 35.5. The molecule has 224 valence electrons. The first kappa shape index (κ1) is 31.8. The Kier molecular flexibility index (Phi) is 10.6. The zero-order valence-corrected chi connectivity index (χ0v) is 26.1. The molecule has 4 aromatic rings. The van der Waals surface area contributed by atoms with E-state index in [1.165, 1.54) is 17.0 Å². The van der Waals surface area contributed by atoms with Gasteiger partial charge in [0, 0.05) is 24.5 Å². The molecule has 0 spiro atoms. The molecule has 0 aromatic heterocycles. The molecule has 0 aliphatic carbocycles. The summed E-state index contributed by atoms with van der Waals surface area (Å²) in [6, 6.07) is 29.0. The van der Waals surface area contributed by atoms with Gasteiger partial charge in [-0.1, -0.05) is 90.0 Å². The lowest BCUT2D eigenvalue weighted by Crippen LogP contribution is -2.53. The van der Waals surface area contributed by atoms with Crippen LogP contribution in [0, 0.1) is 13.8 Å². The highest BCUT2D eigenvalue weighted by Gasteiger charge is 2.35. The number of likely N-dealkylation sites (N-methyl/N-ethyl adjacent to an activating group) is 1. The molecule has 0 radical (unpaired) electrons. The fourth-order valence-corrected chi connectivity index (χ4v) is 6.71. The number of hydrogen-bond acceptors (Lipinski definition) is 4. The van der Waals surface area contributed by atoms with Crippen LogP contribution < -0.4 is 9.62 Å². The summed E-state index contributed by atoms with van der Waals surface area (Å²) in [4.78, 5) is 29.5. The van der Waals surface area contributed by atoms with Gasteiger partial charge in [0.1, 0.15) is 12.6 Å². The third-order valence-electron chi connectivity index (χ3n) is 7.10. The van der Waals surface area contributed by atoms with Gasteiger partial charge in [0.2, 0.25) is 11.8 Å². The second kappa shape index (κ2) is 14.4. The summed E-state index contributed by atoms with van der Waals surface area (Å²) in [6.45, 7) is 5.48. The number of carbonyl (C=O) groups excluding carboxylic acids is 2. The van der Waals surface area contributed by atoms with Gasteiger partial charge in [-0.2, -0.15) is 0 Å². The largest absolute Gasteiger partial charge is 0.355 e. The lowest BCUT2D eigenvalue weighted by atomic mass is 10.0. The van der Waals surface area contributed by atoms with Gasteiger partial charge in [0.05, 0.1) is 10.6 Å². The molecule has 2 amide bonds. The number of carbonyl (C=O) groups is 2. The van der Waals surface area contributed by atoms with E-state index in [1.54, 1.807) is 42.5 Å². The molecule has 0 saturated carbocycles. The van der Waals surface area contributed by atoms with E-state index in [9.17, 15) is 18.0 Å². The fourth-order valence-electron chi connectivity index (χ4n) is 5.00. The SMILES string of the molecule is CCNC(=O)C(Cc1ccccc1)N(Cc1cccc(Cl)c1)C(=O)CN(c1ccc(C)cc1C)S(=O)(=O)c1ccccc1. The number of amides is 2. The quantitative estimate of drug-likeness (QED) is 0.214. The van der Waals surface area contributed by atoms with Crippen molar-refractivity contribution in [2.45, 2.75) is 44.7 Å². The summed E-state index contributed by atoms with van der Waals surface area (Å²) < 4.78 is 29.3. The monoisotopic (exact) mass is 617 g/mol. The predicted molar refractivity (Wildman–Crippen MR) is 172 cm³/mol. The number of hydrogen-bond donors (Lipinski definition) is 1. The van der Waals surface area contributed by atoms with E-state index in [1.807, 2.05) is 69.3 Å². The lowest BCUT2D eigenvalue weighted by molar-refractivity contribution is -0.140. The molecular formula is C34H36ClN3O4S. The Labute approximate surface area is 259 Å². The molecular weight excluding hydrogens is 582 g/mol. The van der Waals surface area contributed by atoms with Gasteiger partial charge in [-0.05, 0) is 67.8 Å². The van der Waals surface area contributed by atoms with E-state index in [4.69, 9.17) is 11.6 Å². The maximum Gasteiger partial charge on any atom is 0.264 e. The third kappa shape index (κ3) is 8.03. The topological polar surface area (TPSA) is 86.8 Å². The Bertz CT molecular complexity index is 1660. The van der Waals surface area contributed by atoms with Crippen LogP contribution in [-0.4, -0.2) is 44.3 Å². The molecule has 1 unspecified atom stereocenters. The lowest BCUT2D eigenvalue weighted by Gasteiger charge is -2.34. The minimum absolute atomic E-state index is 0.0557. The van der Waals surface area contributed by atoms with Crippen LogP contribution in [0.25, 0.3) is 0 Å². The average Bonchev–Trinajstić information content (AvgIpc) is 2.99. The van der Waals surface area contributed by atoms with Crippen molar-refractivity contribution >= 4 is 39.1 Å². The molecule has 0 fully saturated rings. The Balaban J connectivity index is 1.81. The van der Waals surface area contributed by atoms with E-state index in [2.05, 4.69) is 5.32 Å². The molecule has 4 aromatic carbocycles. The van der Waals surface area contributed by atoms with Crippen molar-refractivity contribution < 1.29 is 18.0 Å². The van der Waals surface area contributed by atoms with Crippen LogP contribution in [0.2, 0.25) is 5.02 Å². The van der Waals surface area contributed by atoms with Gasteiger partial charge in [0.25, 0.3) is 10.0 Å². The Morgan fingerprint density at radius 2 is 1.49 bits per heavy atom. The number of benzene rings is 4. The number of anilines is 1. The average molecular weight is 618 g/mol. The Hall–Kier alpha value is -4.14. The Morgan fingerprint density at radius 1 is 0.837 bits per heavy atom. The standard InChI is InChI=1S/C34H36ClN3O4S/c1-4-36-34(40)32(22-27-12-7-5-8-13-27)37(23-28-14-11-15-29(35)21-28)33(39)24-38(31-19-18-25(2)20-26(31)3)43(41,42)30-16-9-6-10-17-30/h5-21,32H,4,22-24H2,1-3H3,(H,36,40). The maximum atomic E-state index is 14.4. The second-order valence-electron chi connectivity index (χ2n) is 10.4. The van der Waals surface area contributed by atoms with Crippen LogP contribution in [0.1, 0.15) is 29.2 Å². The molecule has 0 heterocycles. The van der Waals surface area contributed by atoms with Crippen molar-refractivity contribution in [1.29, 1.82) is 0 Å². The van der Waals surface area contributed by atoms with Gasteiger partial charge in [-0.25, -0.2) is 8.42 Å². The molecule has 1 atom stereocenters. The number of sulfonamides is 1. The number of nitrogens with one attached hydrogen (secondary N) is 1. The van der Waals surface area contributed by atoms with E-state index in [0.717, 1.165) is 15.4 Å². The Morgan fingerprint density at radius 3 is 2.12 bits per heavy atom. The predicted octanol–water partition coefficient (Wildman–Crippen LogP) is 5.93. The van der Waals surface area contributed by atoms with Crippen LogP contribution in [0.3, 0.4) is 0 Å². The zero-order valence-electron chi connectivity index (χ0n) is 24.5. The summed E-state index contributed by atoms with van der Waals surface area (Å²) in [7, 11) is -4.15. The number of rotatable bonds is 12. The van der Waals surface area contributed by atoms with Gasteiger partial charge in [-0.3, -0.25) is 13.9 Å². The third-order valence-corrected chi connectivity index (χ3v) is 9.10. The highest BCUT2D eigenvalue weighted by molar-refractivity contribution is 7.92. The van der Waals surface area contributed by atoms with Crippen molar-refractivity contribution in [3.05, 3.63) is 130 Å². The fraction of sp³-hybridized carbons (Fsp3) is 0.235. The molecule has 0 aliphatic rings. The number of aryl methyl sites for hydroxylation is 2. The van der Waals surface area contributed by atoms with Crippen LogP contribution in [0.5, 0.6) is 0 Å². The second-order valence-corrected chi connectivity index (χ2v) is 12.7. The van der Waals surface area contributed by atoms with Crippen LogP contribution in [-0.2, 0) is 32.6 Å². The number of nitrogens with zero attached hydrogens (tertiary/aromatic N) is 2. The highest BCUT2D eigenvalue weighted by Crippen LogP contribution is 2.28. The first-order valence-corrected chi connectivity index (χ1v) is 15.9. The molecule has 4 rings (SSSR count). The van der Waals surface area contributed by atoms with Crippen LogP contribution in [0.15, 0.2) is 108 Å². The summed E-state index contributed by atoms with van der Waals surface area (Å²) in [5, 5.41) is 3.36. The normalized spacial score (nSPS) is 11.9. The maximum absolute atomic E-state index is 14.4. The van der Waals surface area contributed by atoms with Crippen molar-refractivity contribution in [2.75, 3.05) is 17.4 Å². The van der Waals surface area contributed by atoms with Crippen molar-refractivity contribution in [1.82, 2.24) is 10.2 Å². The summed E-state index contributed by atoms with van der Waals surface area (Å²) in [6.07, 6.45) is 0.244. The van der Waals surface area contributed by atoms with Gasteiger partial charge < -0.3 is 10.2 Å². The van der Waals surface area contributed by atoms with Crippen LogP contribution in [0.4, 0.5) is 5.69 Å². The van der Waals surface area contributed by atoms with Gasteiger partial charge in [0.15, 0.2) is 0 Å². The molecule has 0 saturated heterocycles. The smallest absolute Gasteiger partial charge is 0.264 e. The first-order chi connectivity index (χ1) is 20.6. The minimum atomic E-state index is -4.15. The first-order valence-electron chi connectivity index (χ1n) is 14.1. The zero-order chi connectivity index (χ0) is 31.0. The van der Waals surface area contributed by atoms with Crippen molar-refractivity contribution in [3.63, 3.8) is 0 Å². The molecule has 1 N–H and O–H groups in total. The minimum Gasteiger partial charge on any atom is -0.355 e. The molecule has 0 aliphatic heterocycles. The van der Waals surface area contributed by atoms with Crippen molar-refractivity contribution in [3.8, 4) is 0 Å². The van der Waals surface area contributed by atoms with E-state index < -0.39 is 28.5 Å². The van der Waals surface area contributed by atoms with Crippen LogP contribution >= 0.6 is 11.6 Å². The molecule has 7 nitrogen and oxygen atoms in total. The molecule has 0 bridgehead atoms. The number of halogens is 1. The van der Waals surface area contributed by atoms with Gasteiger partial charge in [-0.15, -0.1) is 0 Å². The van der Waals surface area contributed by atoms with E-state index in [0.29, 0.717) is 28.4 Å². The van der Waals surface area contributed by atoms with E-state index >= 15 is 0 Å². The summed E-state index contributed by atoms with van der Waals surface area (Å²) in [5.41, 5.74) is 3.64. The molecule has 43 heavy (non-hydrogen) atoms. The van der Waals surface area contributed by atoms with Gasteiger partial charge >= 0.3 is 0 Å². The van der Waals surface area contributed by atoms with E-state index in [-0.39, 0.29) is 23.8 Å². The summed E-state index contributed by atoms with van der Waals surface area (Å²) >= 11 is 6.28. The summed E-state index contributed by atoms with van der Waals surface area (Å²) in [5.74, 6) is -0.850. The van der Waals surface area contributed by atoms with Crippen molar-refractivity contribution in [2.24, 2.45) is 0 Å². The molecule has 9 heteroatoms.